The average Bonchev–Trinajstić information content (AvgIpc) is 3.35. The Kier molecular flexibility index (Phi) is 4.95. The summed E-state index contributed by atoms with van der Waals surface area (Å²) in [5.41, 5.74) is 0.952. The van der Waals surface area contributed by atoms with E-state index >= 15 is 0 Å². The average molecular weight is 398 g/mol. The molecule has 0 aromatic carbocycles. The normalized spacial score (nSPS) is 17.4. The fourth-order valence-electron chi connectivity index (χ4n) is 3.10. The van der Waals surface area contributed by atoms with E-state index in [0.29, 0.717) is 24.1 Å². The highest BCUT2D eigenvalue weighted by Gasteiger charge is 2.25. The summed E-state index contributed by atoms with van der Waals surface area (Å²) >= 11 is 6.12. The van der Waals surface area contributed by atoms with E-state index in [0.717, 1.165) is 16.4 Å². The van der Waals surface area contributed by atoms with Crippen molar-refractivity contribution in [1.29, 1.82) is 0 Å². The standard InChI is InChI=1S/C19H20ClN7O/c1-12(16-22-18(28-25-16)14-5-4-6-15(20)11-14)26(2)19-24-23-17(27(19)3)13-7-9-21-10-8-13/h4-10,12,14H,11H2,1-3H3/t12-,14?/m1/s1. The maximum Gasteiger partial charge on any atom is 0.234 e. The topological polar surface area (TPSA) is 85.8 Å². The van der Waals surface area contributed by atoms with Crippen molar-refractivity contribution in [2.45, 2.75) is 25.3 Å². The van der Waals surface area contributed by atoms with Crippen LogP contribution in [0.25, 0.3) is 11.4 Å². The van der Waals surface area contributed by atoms with Crippen LogP contribution in [0.1, 0.15) is 37.0 Å². The number of hydrogen-bond acceptors (Lipinski definition) is 7. The van der Waals surface area contributed by atoms with Crippen LogP contribution in [0, 0.1) is 0 Å². The second-order valence-corrected chi connectivity index (χ2v) is 7.19. The van der Waals surface area contributed by atoms with E-state index in [9.17, 15) is 0 Å². The number of anilines is 1. The van der Waals surface area contributed by atoms with Crippen LogP contribution in [0.15, 0.2) is 52.3 Å². The van der Waals surface area contributed by atoms with Gasteiger partial charge in [0, 0.05) is 37.1 Å². The van der Waals surface area contributed by atoms with Crippen molar-refractivity contribution < 1.29 is 4.52 Å². The van der Waals surface area contributed by atoms with Gasteiger partial charge in [-0.1, -0.05) is 28.9 Å². The predicted octanol–water partition coefficient (Wildman–Crippen LogP) is 3.62. The summed E-state index contributed by atoms with van der Waals surface area (Å²) in [7, 11) is 3.86. The molecule has 144 valence electrons. The van der Waals surface area contributed by atoms with Gasteiger partial charge in [-0.25, -0.2) is 0 Å². The van der Waals surface area contributed by atoms with Crippen LogP contribution in [0.2, 0.25) is 0 Å². The van der Waals surface area contributed by atoms with Gasteiger partial charge >= 0.3 is 0 Å². The lowest BCUT2D eigenvalue weighted by molar-refractivity contribution is 0.359. The Morgan fingerprint density at radius 1 is 1.29 bits per heavy atom. The first kappa shape index (κ1) is 18.4. The monoisotopic (exact) mass is 397 g/mol. The van der Waals surface area contributed by atoms with Crippen molar-refractivity contribution in [3.05, 3.63) is 59.5 Å². The first-order valence-corrected chi connectivity index (χ1v) is 9.31. The lowest BCUT2D eigenvalue weighted by atomic mass is 10.0. The largest absolute Gasteiger partial charge is 0.339 e. The maximum absolute atomic E-state index is 6.12. The number of nitrogens with zero attached hydrogens (tertiary/aromatic N) is 7. The Morgan fingerprint density at radius 3 is 2.82 bits per heavy atom. The van der Waals surface area contributed by atoms with Gasteiger partial charge in [-0.15, -0.1) is 10.2 Å². The van der Waals surface area contributed by atoms with Crippen LogP contribution in [0.3, 0.4) is 0 Å². The molecule has 0 bridgehead atoms. The summed E-state index contributed by atoms with van der Waals surface area (Å²) in [5.74, 6) is 2.62. The minimum atomic E-state index is -0.149. The summed E-state index contributed by atoms with van der Waals surface area (Å²) in [6.07, 6.45) is 9.94. The highest BCUT2D eigenvalue weighted by molar-refractivity contribution is 6.29. The van der Waals surface area contributed by atoms with Crippen molar-refractivity contribution in [3.63, 3.8) is 0 Å². The zero-order valence-electron chi connectivity index (χ0n) is 15.8. The number of rotatable bonds is 5. The number of hydrogen-bond donors (Lipinski definition) is 0. The lowest BCUT2D eigenvalue weighted by Gasteiger charge is -2.22. The zero-order valence-corrected chi connectivity index (χ0v) is 16.6. The minimum absolute atomic E-state index is 0.00405. The molecule has 1 aliphatic rings. The van der Waals surface area contributed by atoms with Gasteiger partial charge in [-0.05, 0) is 31.6 Å². The second kappa shape index (κ2) is 7.55. The quantitative estimate of drug-likeness (QED) is 0.649. The van der Waals surface area contributed by atoms with E-state index in [-0.39, 0.29) is 12.0 Å². The third kappa shape index (κ3) is 3.43. The molecule has 0 amide bonds. The van der Waals surface area contributed by atoms with Gasteiger partial charge in [-0.2, -0.15) is 4.98 Å². The van der Waals surface area contributed by atoms with Gasteiger partial charge < -0.3 is 9.42 Å². The van der Waals surface area contributed by atoms with Crippen LogP contribution in [0.5, 0.6) is 0 Å². The zero-order chi connectivity index (χ0) is 19.7. The van der Waals surface area contributed by atoms with Gasteiger partial charge in [0.05, 0.1) is 12.0 Å². The van der Waals surface area contributed by atoms with E-state index in [1.165, 1.54) is 0 Å². The highest BCUT2D eigenvalue weighted by Crippen LogP contribution is 2.31. The van der Waals surface area contributed by atoms with E-state index in [1.54, 1.807) is 12.4 Å². The fraction of sp³-hybridized carbons (Fsp3) is 0.316. The number of aromatic nitrogens is 6. The smallest absolute Gasteiger partial charge is 0.234 e. The van der Waals surface area contributed by atoms with Crippen LogP contribution < -0.4 is 4.90 Å². The molecule has 3 aromatic rings. The van der Waals surface area contributed by atoms with Gasteiger partial charge in [0.1, 0.15) is 0 Å². The molecule has 0 saturated carbocycles. The molecule has 0 saturated heterocycles. The van der Waals surface area contributed by atoms with Crippen LogP contribution in [0.4, 0.5) is 5.95 Å². The molecule has 1 aliphatic carbocycles. The molecule has 1 unspecified atom stereocenters. The molecule has 28 heavy (non-hydrogen) atoms. The fourth-order valence-corrected chi connectivity index (χ4v) is 3.34. The first-order valence-electron chi connectivity index (χ1n) is 8.93. The van der Waals surface area contributed by atoms with Crippen LogP contribution >= 0.6 is 11.6 Å². The van der Waals surface area contributed by atoms with Crippen molar-refractivity contribution in [3.8, 4) is 11.4 Å². The summed E-state index contributed by atoms with van der Waals surface area (Å²) < 4.78 is 7.42. The molecule has 4 rings (SSSR count). The molecule has 0 aliphatic heterocycles. The molecule has 2 atom stereocenters. The third-order valence-corrected chi connectivity index (χ3v) is 5.15. The molecular formula is C19H20ClN7O. The highest BCUT2D eigenvalue weighted by atomic mass is 35.5. The van der Waals surface area contributed by atoms with Gasteiger partial charge in [-0.3, -0.25) is 9.55 Å². The Balaban J connectivity index is 1.55. The van der Waals surface area contributed by atoms with Crippen LogP contribution in [-0.4, -0.2) is 36.9 Å². The first-order chi connectivity index (χ1) is 13.5. The van der Waals surface area contributed by atoms with E-state index in [2.05, 4.69) is 25.3 Å². The summed E-state index contributed by atoms with van der Waals surface area (Å²) in [5, 5.41) is 13.6. The van der Waals surface area contributed by atoms with Crippen LogP contribution in [-0.2, 0) is 7.05 Å². The number of halogens is 1. The Hall–Kier alpha value is -3.00. The molecule has 0 radical (unpaired) electrons. The molecule has 0 spiro atoms. The molecule has 9 heteroatoms. The molecular weight excluding hydrogens is 378 g/mol. The number of allylic oxidation sites excluding steroid dienone is 4. The molecule has 3 aromatic heterocycles. The minimum Gasteiger partial charge on any atom is -0.339 e. The predicted molar refractivity (Wildman–Crippen MR) is 106 cm³/mol. The van der Waals surface area contributed by atoms with E-state index in [1.807, 2.05) is 60.8 Å². The van der Waals surface area contributed by atoms with Crippen molar-refractivity contribution in [1.82, 2.24) is 29.9 Å². The van der Waals surface area contributed by atoms with Crippen molar-refractivity contribution >= 4 is 17.5 Å². The SMILES string of the molecule is C[C@H](c1noc(C2C=CC=C(Cl)C2)n1)N(C)c1nnc(-c2ccncc2)n1C. The summed E-state index contributed by atoms with van der Waals surface area (Å²) in [6.45, 7) is 2.00. The molecule has 8 nitrogen and oxygen atoms in total. The Labute approximate surface area is 167 Å². The third-order valence-electron chi connectivity index (χ3n) is 4.87. The molecule has 0 N–H and O–H groups in total. The van der Waals surface area contributed by atoms with E-state index < -0.39 is 0 Å². The lowest BCUT2D eigenvalue weighted by Crippen LogP contribution is -2.25. The van der Waals surface area contributed by atoms with Gasteiger partial charge in [0.25, 0.3) is 0 Å². The van der Waals surface area contributed by atoms with E-state index in [4.69, 9.17) is 16.1 Å². The Bertz CT molecular complexity index is 1020. The van der Waals surface area contributed by atoms with Gasteiger partial charge in [0.15, 0.2) is 11.6 Å². The van der Waals surface area contributed by atoms with Crippen molar-refractivity contribution in [2.75, 3.05) is 11.9 Å². The Morgan fingerprint density at radius 2 is 2.07 bits per heavy atom. The second-order valence-electron chi connectivity index (χ2n) is 6.71. The summed E-state index contributed by atoms with van der Waals surface area (Å²) in [6, 6.07) is 3.66. The maximum atomic E-state index is 6.12. The van der Waals surface area contributed by atoms with Crippen molar-refractivity contribution in [2.24, 2.45) is 7.05 Å². The molecule has 0 fully saturated rings. The van der Waals surface area contributed by atoms with Gasteiger partial charge in [0.2, 0.25) is 11.8 Å². The summed E-state index contributed by atoms with van der Waals surface area (Å²) in [4.78, 5) is 10.6. The number of pyridine rings is 1. The molecule has 3 heterocycles.